The Morgan fingerprint density at radius 3 is 2.20 bits per heavy atom. The zero-order chi connectivity index (χ0) is 16.1. The lowest BCUT2D eigenvalue weighted by atomic mass is 9.87. The number of benzene rings is 6. The third kappa shape index (κ3) is 1.33. The van der Waals surface area contributed by atoms with Crippen LogP contribution in [-0.4, -0.2) is 0 Å². The Balaban J connectivity index is 1.99. The van der Waals surface area contributed by atoms with Crippen molar-refractivity contribution in [3.05, 3.63) is 72.8 Å². The van der Waals surface area contributed by atoms with E-state index in [1.807, 2.05) is 0 Å². The minimum atomic E-state index is 1.02. The maximum Gasteiger partial charge on any atom is 0.177 e. The summed E-state index contributed by atoms with van der Waals surface area (Å²) in [5, 5.41) is 13.2. The normalized spacial score (nSPS) is 12.8. The van der Waals surface area contributed by atoms with Gasteiger partial charge >= 0.3 is 0 Å². The van der Waals surface area contributed by atoms with E-state index in [1.54, 1.807) is 0 Å². The fraction of sp³-hybridized carbons (Fsp3) is 0. The molecule has 1 nitrogen and oxygen atoms in total. The summed E-state index contributed by atoms with van der Waals surface area (Å²) < 4.78 is 5.69. The minimum Gasteiger partial charge on any atom is -0.449 e. The van der Waals surface area contributed by atoms with Gasteiger partial charge in [0.15, 0.2) is 11.2 Å². The van der Waals surface area contributed by atoms with Crippen molar-refractivity contribution in [2.24, 2.45) is 0 Å². The zero-order valence-corrected chi connectivity index (χ0v) is 13.3. The van der Waals surface area contributed by atoms with Gasteiger partial charge in [-0.05, 0) is 66.7 Å². The molecule has 0 fully saturated rings. The van der Waals surface area contributed by atoms with Crippen LogP contribution in [0.2, 0.25) is 0 Å². The van der Waals surface area contributed by atoms with Crippen molar-refractivity contribution < 1.29 is 4.42 Å². The van der Waals surface area contributed by atoms with Crippen molar-refractivity contribution in [3.63, 3.8) is 0 Å². The van der Waals surface area contributed by atoms with E-state index in [9.17, 15) is 0 Å². The molecule has 0 saturated carbocycles. The maximum absolute atomic E-state index is 5.69. The molecule has 0 aliphatic rings. The van der Waals surface area contributed by atoms with Gasteiger partial charge in [-0.15, -0.1) is 0 Å². The standard InChI is InChI=1S/C24H12O/c1-2-6-17-15(5-1)16-7-3-4-13-8-9-14-12-19-18(10-11-20-24(19)25-20)23(17)22(14)21(13)16/h1-12H. The first-order valence-electron chi connectivity index (χ1n) is 8.63. The molecular weight excluding hydrogens is 304 g/mol. The molecule has 0 amide bonds. The van der Waals surface area contributed by atoms with E-state index >= 15 is 0 Å². The van der Waals surface area contributed by atoms with Crippen LogP contribution in [0.5, 0.6) is 0 Å². The molecule has 0 N–H and O–H groups in total. The molecule has 0 spiro atoms. The Labute approximate surface area is 142 Å². The van der Waals surface area contributed by atoms with Crippen LogP contribution in [0.1, 0.15) is 0 Å². The van der Waals surface area contributed by atoms with Crippen LogP contribution in [0, 0.1) is 0 Å². The van der Waals surface area contributed by atoms with Gasteiger partial charge in [-0.2, -0.15) is 0 Å². The van der Waals surface area contributed by atoms with Crippen molar-refractivity contribution >= 4 is 65.0 Å². The van der Waals surface area contributed by atoms with E-state index in [0.717, 1.165) is 11.2 Å². The van der Waals surface area contributed by atoms with Crippen molar-refractivity contribution in [2.75, 3.05) is 0 Å². The van der Waals surface area contributed by atoms with Gasteiger partial charge in [-0.1, -0.05) is 54.6 Å². The molecule has 0 aliphatic carbocycles. The van der Waals surface area contributed by atoms with Crippen molar-refractivity contribution in [2.45, 2.75) is 0 Å². The van der Waals surface area contributed by atoms with E-state index in [1.165, 1.54) is 53.9 Å². The average Bonchev–Trinajstić information content (AvgIpc) is 3.46. The van der Waals surface area contributed by atoms with Crippen LogP contribution < -0.4 is 0 Å². The van der Waals surface area contributed by atoms with Crippen molar-refractivity contribution in [1.82, 2.24) is 0 Å². The summed E-state index contributed by atoms with van der Waals surface area (Å²) in [6.07, 6.45) is 0. The SMILES string of the molecule is c1ccc2c(c1)c1cccc3ccc4cc5c(ccc6oc65)c2c4c31. The Bertz CT molecular complexity index is 1580. The Kier molecular flexibility index (Phi) is 1.86. The second kappa shape index (κ2) is 3.84. The van der Waals surface area contributed by atoms with E-state index in [0.29, 0.717) is 0 Å². The lowest BCUT2D eigenvalue weighted by molar-refractivity contribution is 0.759. The molecule has 25 heavy (non-hydrogen) atoms. The Morgan fingerprint density at radius 2 is 1.24 bits per heavy atom. The summed E-state index contributed by atoms with van der Waals surface area (Å²) in [5.41, 5.74) is 2.07. The second-order valence-corrected chi connectivity index (χ2v) is 6.95. The highest BCUT2D eigenvalue weighted by Crippen LogP contribution is 2.46. The molecule has 0 radical (unpaired) electrons. The molecule has 114 valence electrons. The lowest BCUT2D eigenvalue weighted by Gasteiger charge is -2.16. The highest BCUT2D eigenvalue weighted by Gasteiger charge is 2.19. The zero-order valence-electron chi connectivity index (χ0n) is 13.3. The van der Waals surface area contributed by atoms with Gasteiger partial charge in [-0.25, -0.2) is 0 Å². The number of hydrogen-bond donors (Lipinski definition) is 0. The lowest BCUT2D eigenvalue weighted by Crippen LogP contribution is -1.88. The van der Waals surface area contributed by atoms with Crippen LogP contribution in [0.4, 0.5) is 0 Å². The van der Waals surface area contributed by atoms with E-state index in [2.05, 4.69) is 72.8 Å². The summed E-state index contributed by atoms with van der Waals surface area (Å²) >= 11 is 0. The summed E-state index contributed by atoms with van der Waals surface area (Å²) in [4.78, 5) is 0. The topological polar surface area (TPSA) is 13.1 Å². The predicted octanol–water partition coefficient (Wildman–Crippen LogP) is 7.07. The fourth-order valence-electron chi connectivity index (χ4n) is 4.63. The van der Waals surface area contributed by atoms with Gasteiger partial charge in [0.2, 0.25) is 0 Å². The largest absolute Gasteiger partial charge is 0.449 e. The first kappa shape index (κ1) is 12.1. The van der Waals surface area contributed by atoms with Gasteiger partial charge in [0.25, 0.3) is 0 Å². The maximum atomic E-state index is 5.69. The molecule has 0 atom stereocenters. The van der Waals surface area contributed by atoms with E-state index in [4.69, 9.17) is 4.42 Å². The molecule has 1 heterocycles. The second-order valence-electron chi connectivity index (χ2n) is 6.95. The molecule has 0 bridgehead atoms. The van der Waals surface area contributed by atoms with Crippen molar-refractivity contribution in [3.8, 4) is 0 Å². The van der Waals surface area contributed by atoms with Gasteiger partial charge < -0.3 is 4.42 Å². The van der Waals surface area contributed by atoms with Gasteiger partial charge in [-0.3, -0.25) is 0 Å². The average molecular weight is 316 g/mol. The fourth-order valence-corrected chi connectivity index (χ4v) is 4.63. The highest BCUT2D eigenvalue weighted by atomic mass is 16.4. The first-order valence-corrected chi connectivity index (χ1v) is 8.63. The number of fused-ring (bicyclic) bond motifs is 7. The molecule has 0 unspecified atom stereocenters. The van der Waals surface area contributed by atoms with E-state index < -0.39 is 0 Å². The summed E-state index contributed by atoms with van der Waals surface area (Å²) in [5.74, 6) is 0. The molecular formula is C24H12O. The molecule has 6 aromatic carbocycles. The smallest absolute Gasteiger partial charge is 0.177 e. The highest BCUT2D eigenvalue weighted by molar-refractivity contribution is 6.39. The van der Waals surface area contributed by atoms with Crippen LogP contribution in [-0.2, 0) is 0 Å². The first-order chi connectivity index (χ1) is 12.4. The van der Waals surface area contributed by atoms with Crippen LogP contribution >= 0.6 is 0 Å². The van der Waals surface area contributed by atoms with Crippen LogP contribution in [0.15, 0.2) is 77.2 Å². The van der Waals surface area contributed by atoms with Crippen molar-refractivity contribution in [1.29, 1.82) is 0 Å². The van der Waals surface area contributed by atoms with E-state index in [-0.39, 0.29) is 0 Å². The molecule has 0 saturated heterocycles. The quantitative estimate of drug-likeness (QED) is 0.215. The van der Waals surface area contributed by atoms with Crippen LogP contribution in [0.3, 0.4) is 0 Å². The van der Waals surface area contributed by atoms with Gasteiger partial charge in [0.1, 0.15) is 0 Å². The van der Waals surface area contributed by atoms with Gasteiger partial charge in [0.05, 0.1) is 0 Å². The molecule has 0 aliphatic heterocycles. The summed E-state index contributed by atoms with van der Waals surface area (Å²) in [6.45, 7) is 0. The third-order valence-corrected chi connectivity index (χ3v) is 5.71. The predicted molar refractivity (Wildman–Crippen MR) is 106 cm³/mol. The Hall–Kier alpha value is -3.32. The van der Waals surface area contributed by atoms with Gasteiger partial charge in [0, 0.05) is 5.39 Å². The summed E-state index contributed by atoms with van der Waals surface area (Å²) in [6, 6.07) is 26.5. The number of hydrogen-bond acceptors (Lipinski definition) is 1. The number of rotatable bonds is 0. The molecule has 1 heteroatoms. The molecule has 1 aromatic heterocycles. The monoisotopic (exact) mass is 316 g/mol. The minimum absolute atomic E-state index is 1.02. The molecule has 7 rings (SSSR count). The summed E-state index contributed by atoms with van der Waals surface area (Å²) in [7, 11) is 0. The third-order valence-electron chi connectivity index (χ3n) is 5.71. The Morgan fingerprint density at radius 1 is 0.480 bits per heavy atom. The van der Waals surface area contributed by atoms with Crippen LogP contribution in [0.25, 0.3) is 65.0 Å². The molecule has 7 aromatic rings.